The van der Waals surface area contributed by atoms with E-state index < -0.39 is 11.6 Å². The minimum atomic E-state index is -0.573. The number of nitrogens with one attached hydrogen (secondary N) is 1. The summed E-state index contributed by atoms with van der Waals surface area (Å²) in [5, 5.41) is 0. The Bertz CT molecular complexity index is 269. The fraction of sp³-hybridized carbons (Fsp3) is 0.750. The predicted octanol–water partition coefficient (Wildman–Crippen LogP) is 1.49. The van der Waals surface area contributed by atoms with Gasteiger partial charge in [0.1, 0.15) is 11.4 Å². The molecule has 0 aliphatic carbocycles. The van der Waals surface area contributed by atoms with E-state index in [1.54, 1.807) is 0 Å². The van der Waals surface area contributed by atoms with Gasteiger partial charge in [0, 0.05) is 6.04 Å². The summed E-state index contributed by atoms with van der Waals surface area (Å²) >= 11 is 0. The van der Waals surface area contributed by atoms with Crippen molar-refractivity contribution in [1.82, 2.24) is 5.48 Å². The molecule has 0 saturated heterocycles. The topological polar surface area (TPSA) is 73.6 Å². The lowest BCUT2D eigenvalue weighted by atomic mass is 10.1. The van der Waals surface area contributed by atoms with Crippen LogP contribution in [0.5, 0.6) is 0 Å². The lowest BCUT2D eigenvalue weighted by Crippen LogP contribution is -2.34. The van der Waals surface area contributed by atoms with Crippen molar-refractivity contribution in [3.63, 3.8) is 0 Å². The summed E-state index contributed by atoms with van der Waals surface area (Å²) in [5.41, 5.74) is 7.97. The monoisotopic (exact) mass is 244 g/mol. The summed E-state index contributed by atoms with van der Waals surface area (Å²) in [5.74, 6) is -0.0381. The van der Waals surface area contributed by atoms with Crippen LogP contribution in [0.25, 0.3) is 0 Å². The Morgan fingerprint density at radius 2 is 1.94 bits per heavy atom. The Hall–Kier alpha value is -1.07. The zero-order chi connectivity index (χ0) is 13.6. The molecule has 1 atom stereocenters. The predicted molar refractivity (Wildman–Crippen MR) is 66.9 cm³/mol. The van der Waals surface area contributed by atoms with Crippen molar-refractivity contribution in [1.29, 1.82) is 0 Å². The van der Waals surface area contributed by atoms with Crippen molar-refractivity contribution in [3.05, 3.63) is 12.3 Å². The van der Waals surface area contributed by atoms with Crippen LogP contribution >= 0.6 is 0 Å². The molecule has 5 nitrogen and oxygen atoms in total. The molecule has 0 heterocycles. The lowest BCUT2D eigenvalue weighted by Gasteiger charge is -2.21. The maximum Gasteiger partial charge on any atom is 0.308 e. The van der Waals surface area contributed by atoms with Crippen LogP contribution in [0.1, 0.15) is 41.0 Å². The molecule has 100 valence electrons. The van der Waals surface area contributed by atoms with E-state index in [1.807, 2.05) is 34.6 Å². The zero-order valence-corrected chi connectivity index (χ0v) is 11.4. The highest BCUT2D eigenvalue weighted by Gasteiger charge is 2.20. The van der Waals surface area contributed by atoms with E-state index in [0.29, 0.717) is 5.76 Å². The third-order valence-electron chi connectivity index (χ3n) is 1.65. The molecule has 0 spiro atoms. The van der Waals surface area contributed by atoms with Gasteiger partial charge in [0.25, 0.3) is 0 Å². The van der Waals surface area contributed by atoms with Gasteiger partial charge in [0.05, 0.1) is 12.5 Å². The number of ether oxygens (including phenoxy) is 1. The summed E-state index contributed by atoms with van der Waals surface area (Å²) in [6, 6.07) is -0.420. The molecule has 0 amide bonds. The van der Waals surface area contributed by atoms with Crippen molar-refractivity contribution >= 4 is 5.97 Å². The number of carbonyl (C=O) groups excluding carboxylic acids is 1. The number of hydrogen-bond acceptors (Lipinski definition) is 5. The Balaban J connectivity index is 4.03. The molecule has 0 aromatic rings. The van der Waals surface area contributed by atoms with E-state index in [-0.39, 0.29) is 18.4 Å². The number of hydrogen-bond donors (Lipinski definition) is 2. The first-order chi connectivity index (χ1) is 7.61. The van der Waals surface area contributed by atoms with E-state index in [0.717, 1.165) is 0 Å². The van der Waals surface area contributed by atoms with Gasteiger partial charge in [0.2, 0.25) is 0 Å². The second-order valence-corrected chi connectivity index (χ2v) is 5.24. The normalized spacial score (nSPS) is 13.4. The Kier molecular flexibility index (Phi) is 6.20. The van der Waals surface area contributed by atoms with E-state index in [9.17, 15) is 4.79 Å². The minimum Gasteiger partial charge on any atom is -0.460 e. The van der Waals surface area contributed by atoms with Gasteiger partial charge in [-0.25, -0.2) is 0 Å². The van der Waals surface area contributed by atoms with E-state index >= 15 is 0 Å². The number of rotatable bonds is 6. The molecule has 0 unspecified atom stereocenters. The van der Waals surface area contributed by atoms with Gasteiger partial charge in [-0.05, 0) is 34.6 Å². The molecule has 0 fully saturated rings. The largest absolute Gasteiger partial charge is 0.460 e. The van der Waals surface area contributed by atoms with Gasteiger partial charge in [-0.3, -0.25) is 4.79 Å². The van der Waals surface area contributed by atoms with E-state index in [1.165, 1.54) is 0 Å². The number of esters is 1. The van der Waals surface area contributed by atoms with E-state index in [4.69, 9.17) is 15.3 Å². The minimum absolute atomic E-state index is 0.0515. The molecular weight excluding hydrogens is 220 g/mol. The maximum atomic E-state index is 11.5. The summed E-state index contributed by atoms with van der Waals surface area (Å²) in [6.45, 7) is 12.9. The van der Waals surface area contributed by atoms with Crippen molar-refractivity contribution in [2.45, 2.75) is 58.7 Å². The zero-order valence-electron chi connectivity index (χ0n) is 11.4. The third kappa shape index (κ3) is 8.71. The number of hydroxylamine groups is 1. The van der Waals surface area contributed by atoms with Crippen molar-refractivity contribution < 1.29 is 14.4 Å². The second-order valence-electron chi connectivity index (χ2n) is 5.24. The molecule has 0 aromatic carbocycles. The molecule has 5 heteroatoms. The quantitative estimate of drug-likeness (QED) is 0.421. The SMILES string of the molecule is C=C(ONC(C)C)[C@@H](N)CC(=O)OC(C)(C)C. The second kappa shape index (κ2) is 6.61. The molecule has 17 heavy (non-hydrogen) atoms. The summed E-state index contributed by atoms with van der Waals surface area (Å²) < 4.78 is 5.15. The van der Waals surface area contributed by atoms with Crippen LogP contribution in [0.15, 0.2) is 12.3 Å². The van der Waals surface area contributed by atoms with Crippen LogP contribution in [-0.4, -0.2) is 23.7 Å². The fourth-order valence-electron chi connectivity index (χ4n) is 0.946. The maximum absolute atomic E-state index is 11.5. The van der Waals surface area contributed by atoms with Crippen LogP contribution in [0, 0.1) is 0 Å². The fourth-order valence-corrected chi connectivity index (χ4v) is 0.946. The molecule has 0 aliphatic rings. The first kappa shape index (κ1) is 15.9. The Morgan fingerprint density at radius 1 is 1.41 bits per heavy atom. The number of carbonyl (C=O) groups is 1. The van der Waals surface area contributed by atoms with Crippen LogP contribution in [0.4, 0.5) is 0 Å². The lowest BCUT2D eigenvalue weighted by molar-refractivity contribution is -0.155. The van der Waals surface area contributed by atoms with E-state index in [2.05, 4.69) is 12.1 Å². The van der Waals surface area contributed by atoms with Gasteiger partial charge in [-0.15, -0.1) is 0 Å². The van der Waals surface area contributed by atoms with Gasteiger partial charge in [-0.1, -0.05) is 6.58 Å². The van der Waals surface area contributed by atoms with Crippen molar-refractivity contribution in [3.8, 4) is 0 Å². The molecule has 0 rings (SSSR count). The van der Waals surface area contributed by atoms with Crippen LogP contribution in [0.2, 0.25) is 0 Å². The molecule has 0 radical (unpaired) electrons. The summed E-state index contributed by atoms with van der Waals surface area (Å²) in [4.78, 5) is 16.6. The standard InChI is InChI=1S/C12H24N2O3/c1-8(2)14-17-9(3)10(13)7-11(15)16-12(4,5)6/h8,10,14H,3,7,13H2,1-2,4-6H3/t10-/m0/s1. The van der Waals surface area contributed by atoms with Crippen LogP contribution < -0.4 is 11.2 Å². The average molecular weight is 244 g/mol. The Morgan fingerprint density at radius 3 is 2.35 bits per heavy atom. The molecular formula is C12H24N2O3. The average Bonchev–Trinajstić information content (AvgIpc) is 2.10. The highest BCUT2D eigenvalue weighted by atomic mass is 16.6. The molecule has 0 aliphatic heterocycles. The molecule has 0 aromatic heterocycles. The first-order valence-electron chi connectivity index (χ1n) is 5.70. The third-order valence-corrected chi connectivity index (χ3v) is 1.65. The van der Waals surface area contributed by atoms with Gasteiger partial charge < -0.3 is 15.3 Å². The van der Waals surface area contributed by atoms with Gasteiger partial charge >= 0.3 is 5.97 Å². The summed E-state index contributed by atoms with van der Waals surface area (Å²) in [7, 11) is 0. The highest BCUT2D eigenvalue weighted by Crippen LogP contribution is 2.11. The molecule has 0 bridgehead atoms. The number of nitrogens with two attached hydrogens (primary N) is 1. The summed E-state index contributed by atoms with van der Waals surface area (Å²) in [6.07, 6.45) is 0.0515. The van der Waals surface area contributed by atoms with Crippen LogP contribution in [0.3, 0.4) is 0 Å². The van der Waals surface area contributed by atoms with Crippen LogP contribution in [-0.2, 0) is 14.4 Å². The first-order valence-corrected chi connectivity index (χ1v) is 5.70. The van der Waals surface area contributed by atoms with Crippen molar-refractivity contribution in [2.24, 2.45) is 5.73 Å². The molecule has 3 N–H and O–H groups in total. The highest BCUT2D eigenvalue weighted by molar-refractivity contribution is 5.71. The molecule has 0 saturated carbocycles. The smallest absolute Gasteiger partial charge is 0.308 e. The van der Waals surface area contributed by atoms with Gasteiger partial charge in [-0.2, -0.15) is 5.48 Å². The van der Waals surface area contributed by atoms with Crippen molar-refractivity contribution in [2.75, 3.05) is 0 Å². The van der Waals surface area contributed by atoms with Gasteiger partial charge in [0.15, 0.2) is 0 Å². The Labute approximate surface area is 103 Å².